The molecule has 2 aromatic rings. The number of carbonyl (C=O) groups excluding carboxylic acids is 1. The molecule has 2 rings (SSSR count). The average molecular weight is 275 g/mol. The zero-order valence-corrected chi connectivity index (χ0v) is 11.2. The number of hydrogen-bond donors (Lipinski definition) is 2. The van der Waals surface area contributed by atoms with Crippen LogP contribution in [-0.4, -0.2) is 17.6 Å². The standard InChI is InChI=1S/C14H13NO3S/c1-10-8-13(19-12(10)5-2-6-16)14(17)15-9-11-4-3-7-18-11/h3-4,7-8,16H,6,9H2,1H3,(H,15,17). The minimum atomic E-state index is -0.183. The Labute approximate surface area is 115 Å². The van der Waals surface area contributed by atoms with Crippen molar-refractivity contribution in [2.75, 3.05) is 6.61 Å². The van der Waals surface area contributed by atoms with E-state index in [0.29, 0.717) is 17.2 Å². The van der Waals surface area contributed by atoms with Gasteiger partial charge in [0.2, 0.25) is 0 Å². The molecule has 0 aliphatic carbocycles. The lowest BCUT2D eigenvalue weighted by Gasteiger charge is -1.99. The molecule has 2 aromatic heterocycles. The van der Waals surface area contributed by atoms with Gasteiger partial charge in [0.05, 0.1) is 22.6 Å². The molecule has 0 spiro atoms. The first kappa shape index (κ1) is 13.4. The predicted molar refractivity (Wildman–Crippen MR) is 72.9 cm³/mol. The third-order valence-electron chi connectivity index (χ3n) is 2.43. The van der Waals surface area contributed by atoms with Crippen molar-refractivity contribution in [3.63, 3.8) is 0 Å². The predicted octanol–water partition coefficient (Wildman–Crippen LogP) is 1.92. The molecule has 0 radical (unpaired) electrons. The smallest absolute Gasteiger partial charge is 0.261 e. The zero-order chi connectivity index (χ0) is 13.7. The molecule has 5 heteroatoms. The number of aliphatic hydroxyl groups is 1. The summed E-state index contributed by atoms with van der Waals surface area (Å²) in [5.74, 6) is 5.97. The molecular formula is C14H13NO3S. The number of carbonyl (C=O) groups is 1. The highest BCUT2D eigenvalue weighted by Gasteiger charge is 2.11. The van der Waals surface area contributed by atoms with Crippen LogP contribution in [0.15, 0.2) is 28.9 Å². The second-order valence-corrected chi connectivity index (χ2v) is 4.90. The van der Waals surface area contributed by atoms with E-state index in [2.05, 4.69) is 17.2 Å². The van der Waals surface area contributed by atoms with Crippen LogP contribution in [0.4, 0.5) is 0 Å². The third kappa shape index (κ3) is 3.47. The Morgan fingerprint density at radius 2 is 2.42 bits per heavy atom. The molecule has 4 nitrogen and oxygen atoms in total. The molecule has 0 unspecified atom stereocenters. The third-order valence-corrected chi connectivity index (χ3v) is 3.58. The highest BCUT2D eigenvalue weighted by atomic mass is 32.1. The van der Waals surface area contributed by atoms with E-state index in [-0.39, 0.29) is 12.5 Å². The van der Waals surface area contributed by atoms with Crippen LogP contribution in [0, 0.1) is 18.8 Å². The van der Waals surface area contributed by atoms with Crippen molar-refractivity contribution in [3.05, 3.63) is 45.5 Å². The number of rotatable bonds is 3. The second-order valence-electron chi connectivity index (χ2n) is 3.84. The minimum absolute atomic E-state index is 0.151. The quantitative estimate of drug-likeness (QED) is 0.841. The first-order valence-corrected chi connectivity index (χ1v) is 6.53. The number of amides is 1. The fourth-order valence-electron chi connectivity index (χ4n) is 1.51. The monoisotopic (exact) mass is 275 g/mol. The molecule has 2 N–H and O–H groups in total. The summed E-state index contributed by atoms with van der Waals surface area (Å²) in [6.45, 7) is 2.07. The van der Waals surface area contributed by atoms with Crippen molar-refractivity contribution >= 4 is 17.2 Å². The Morgan fingerprint density at radius 3 is 3.11 bits per heavy atom. The Balaban J connectivity index is 2.03. The van der Waals surface area contributed by atoms with E-state index < -0.39 is 0 Å². The van der Waals surface area contributed by atoms with Gasteiger partial charge < -0.3 is 14.8 Å². The van der Waals surface area contributed by atoms with Gasteiger partial charge in [0.25, 0.3) is 5.91 Å². The summed E-state index contributed by atoms with van der Waals surface area (Å²) in [5.41, 5.74) is 0.939. The van der Waals surface area contributed by atoms with Crippen LogP contribution in [-0.2, 0) is 6.54 Å². The fourth-order valence-corrected chi connectivity index (χ4v) is 2.47. The van der Waals surface area contributed by atoms with Gasteiger partial charge in [0.15, 0.2) is 0 Å². The fraction of sp³-hybridized carbons (Fsp3) is 0.214. The van der Waals surface area contributed by atoms with Crippen LogP contribution in [0.5, 0.6) is 0 Å². The van der Waals surface area contributed by atoms with E-state index in [0.717, 1.165) is 10.4 Å². The largest absolute Gasteiger partial charge is 0.467 e. The number of thiophene rings is 1. The molecule has 0 atom stereocenters. The van der Waals surface area contributed by atoms with E-state index in [4.69, 9.17) is 9.52 Å². The maximum atomic E-state index is 11.9. The van der Waals surface area contributed by atoms with Crippen LogP contribution < -0.4 is 5.32 Å². The number of hydrogen-bond acceptors (Lipinski definition) is 4. The highest BCUT2D eigenvalue weighted by molar-refractivity contribution is 7.14. The molecule has 0 aromatic carbocycles. The van der Waals surface area contributed by atoms with Crippen molar-refractivity contribution in [1.82, 2.24) is 5.32 Å². The van der Waals surface area contributed by atoms with Gasteiger partial charge >= 0.3 is 0 Å². The summed E-state index contributed by atoms with van der Waals surface area (Å²) in [6, 6.07) is 5.38. The van der Waals surface area contributed by atoms with Gasteiger partial charge in [-0.15, -0.1) is 11.3 Å². The second kappa shape index (κ2) is 6.23. The van der Waals surface area contributed by atoms with Crippen LogP contribution in [0.2, 0.25) is 0 Å². The van der Waals surface area contributed by atoms with Crippen LogP contribution in [0.3, 0.4) is 0 Å². The van der Waals surface area contributed by atoms with Crippen LogP contribution >= 0.6 is 11.3 Å². The van der Waals surface area contributed by atoms with Gasteiger partial charge in [0, 0.05) is 0 Å². The first-order valence-electron chi connectivity index (χ1n) is 5.71. The normalized spacial score (nSPS) is 9.79. The lowest BCUT2D eigenvalue weighted by Crippen LogP contribution is -2.21. The number of aryl methyl sites for hydroxylation is 1. The summed E-state index contributed by atoms with van der Waals surface area (Å²) in [6.07, 6.45) is 1.57. The Kier molecular flexibility index (Phi) is 4.39. The van der Waals surface area contributed by atoms with Crippen LogP contribution in [0.1, 0.15) is 25.9 Å². The van der Waals surface area contributed by atoms with Crippen LogP contribution in [0.25, 0.3) is 0 Å². The van der Waals surface area contributed by atoms with E-state index in [1.807, 2.05) is 6.92 Å². The molecule has 2 heterocycles. The molecule has 0 saturated carbocycles. The topological polar surface area (TPSA) is 62.5 Å². The first-order chi connectivity index (χ1) is 9.20. The molecule has 0 aliphatic rings. The van der Waals surface area contributed by atoms with Gasteiger partial charge in [-0.05, 0) is 30.7 Å². The SMILES string of the molecule is Cc1cc(C(=O)NCc2ccco2)sc1C#CCO. The van der Waals surface area contributed by atoms with Gasteiger partial charge in [-0.1, -0.05) is 11.8 Å². The van der Waals surface area contributed by atoms with Crippen molar-refractivity contribution in [3.8, 4) is 11.8 Å². The Hall–Kier alpha value is -2.03. The molecule has 0 bridgehead atoms. The number of nitrogens with one attached hydrogen (secondary N) is 1. The number of aliphatic hydroxyl groups excluding tert-OH is 1. The van der Waals surface area contributed by atoms with Gasteiger partial charge in [0.1, 0.15) is 12.4 Å². The van der Waals surface area contributed by atoms with E-state index in [1.165, 1.54) is 11.3 Å². The maximum Gasteiger partial charge on any atom is 0.261 e. The molecule has 1 amide bonds. The van der Waals surface area contributed by atoms with Gasteiger partial charge in [-0.25, -0.2) is 0 Å². The van der Waals surface area contributed by atoms with E-state index in [9.17, 15) is 4.79 Å². The van der Waals surface area contributed by atoms with Crippen molar-refractivity contribution in [2.45, 2.75) is 13.5 Å². The zero-order valence-electron chi connectivity index (χ0n) is 10.4. The van der Waals surface area contributed by atoms with Gasteiger partial charge in [-0.3, -0.25) is 4.79 Å². The summed E-state index contributed by atoms with van der Waals surface area (Å²) in [4.78, 5) is 13.3. The Morgan fingerprint density at radius 1 is 1.58 bits per heavy atom. The molecular weight excluding hydrogens is 262 g/mol. The average Bonchev–Trinajstić information content (AvgIpc) is 3.03. The summed E-state index contributed by atoms with van der Waals surface area (Å²) < 4.78 is 5.14. The lowest BCUT2D eigenvalue weighted by molar-refractivity contribution is 0.0952. The van der Waals surface area contributed by atoms with E-state index >= 15 is 0 Å². The molecule has 0 fully saturated rings. The summed E-state index contributed by atoms with van der Waals surface area (Å²) in [7, 11) is 0. The molecule has 0 aliphatic heterocycles. The minimum Gasteiger partial charge on any atom is -0.467 e. The Bertz CT molecular complexity index is 617. The van der Waals surface area contributed by atoms with Crippen molar-refractivity contribution in [2.24, 2.45) is 0 Å². The number of furan rings is 1. The van der Waals surface area contributed by atoms with Crippen molar-refractivity contribution in [1.29, 1.82) is 0 Å². The lowest BCUT2D eigenvalue weighted by atomic mass is 10.2. The maximum absolute atomic E-state index is 11.9. The molecule has 98 valence electrons. The van der Waals surface area contributed by atoms with Gasteiger partial charge in [-0.2, -0.15) is 0 Å². The molecule has 0 saturated heterocycles. The molecule has 19 heavy (non-hydrogen) atoms. The van der Waals surface area contributed by atoms with Crippen molar-refractivity contribution < 1.29 is 14.3 Å². The summed E-state index contributed by atoms with van der Waals surface area (Å²) in [5, 5.41) is 11.4. The van der Waals surface area contributed by atoms with E-state index in [1.54, 1.807) is 24.5 Å². The summed E-state index contributed by atoms with van der Waals surface area (Å²) >= 11 is 1.32. The highest BCUT2D eigenvalue weighted by Crippen LogP contribution is 2.20.